The van der Waals surface area contributed by atoms with Crippen LogP contribution in [0.3, 0.4) is 0 Å². The molecule has 1 atom stereocenters. The maximum Gasteiger partial charge on any atom is 0.295 e. The Morgan fingerprint density at radius 1 is 1.09 bits per heavy atom. The lowest BCUT2D eigenvalue weighted by Crippen LogP contribution is -2.44. The van der Waals surface area contributed by atoms with Crippen molar-refractivity contribution >= 4 is 40.2 Å². The van der Waals surface area contributed by atoms with Gasteiger partial charge in [-0.2, -0.15) is 4.98 Å². The van der Waals surface area contributed by atoms with Crippen LogP contribution in [0.15, 0.2) is 90.7 Å². The summed E-state index contributed by atoms with van der Waals surface area (Å²) in [6.07, 6.45) is 7.09. The van der Waals surface area contributed by atoms with E-state index in [1.807, 2.05) is 12.1 Å². The molecule has 0 radical (unpaired) electrons. The van der Waals surface area contributed by atoms with E-state index in [1.165, 1.54) is 19.1 Å². The fraction of sp³-hybridized carbons (Fsp3) is 0.324. The minimum atomic E-state index is -0.478. The van der Waals surface area contributed by atoms with E-state index in [0.717, 1.165) is 50.1 Å². The van der Waals surface area contributed by atoms with Crippen LogP contribution in [0.2, 0.25) is 0 Å². The Kier molecular flexibility index (Phi) is 9.97. The lowest BCUT2D eigenvalue weighted by atomic mass is 10.0. The molecule has 12 heteroatoms. The lowest BCUT2D eigenvalue weighted by molar-refractivity contribution is -0.130. The number of ether oxygens (including phenoxy) is 1. The van der Waals surface area contributed by atoms with Crippen molar-refractivity contribution in [2.24, 2.45) is 0 Å². The molecule has 1 aromatic carbocycles. The summed E-state index contributed by atoms with van der Waals surface area (Å²) in [6.45, 7) is 17.5. The molecule has 5 rings (SSSR count). The number of pyridine rings is 1. The number of fused-ring (bicyclic) bond motifs is 1. The number of nitrogens with one attached hydrogen (secondary N) is 2. The number of hydrogen-bond donors (Lipinski definition) is 2. The van der Waals surface area contributed by atoms with Gasteiger partial charge in [0.1, 0.15) is 5.65 Å². The summed E-state index contributed by atoms with van der Waals surface area (Å²) in [6, 6.07) is 9.34. The van der Waals surface area contributed by atoms with Crippen LogP contribution in [0.1, 0.15) is 25.8 Å². The first kappa shape index (κ1) is 32.2. The molecule has 2 amide bonds. The van der Waals surface area contributed by atoms with Gasteiger partial charge in [-0.3, -0.25) is 19.0 Å². The molecular formula is C34H40N8O4. The molecule has 4 heterocycles. The summed E-state index contributed by atoms with van der Waals surface area (Å²) in [4.78, 5) is 54.1. The molecule has 12 nitrogen and oxygen atoms in total. The predicted molar refractivity (Wildman–Crippen MR) is 180 cm³/mol. The Hall–Kier alpha value is -5.23. The highest BCUT2D eigenvalue weighted by Crippen LogP contribution is 2.28. The molecule has 0 saturated carbocycles. The smallest absolute Gasteiger partial charge is 0.295 e. The zero-order chi connectivity index (χ0) is 32.8. The third kappa shape index (κ3) is 7.35. The standard InChI is InChI=1S/C34H40N8O4/c1-6-9-29(23(3)36-31(44)7-2)46-30-20-25-21-35-34(37-26-11-13-27(14-12-26)40-18-16-39(5)17-19-40)38-32(25)42(33(30)45)28-10-8-15-41(22-28)24(4)43/h6-7,9,11-14,20-21,28H,1-3,8,10,15-19,22H2,4-5H3,(H,36,44)(H,35,37,38)/b29-9+. The zero-order valence-corrected chi connectivity index (χ0v) is 26.4. The number of piperazine rings is 1. The molecule has 2 aliphatic rings. The summed E-state index contributed by atoms with van der Waals surface area (Å²) in [5.41, 5.74) is 2.06. The number of carbonyl (C=O) groups is 2. The summed E-state index contributed by atoms with van der Waals surface area (Å²) >= 11 is 0. The number of rotatable bonds is 10. The second-order valence-corrected chi connectivity index (χ2v) is 11.4. The van der Waals surface area contributed by atoms with Crippen LogP contribution in [-0.4, -0.2) is 82.5 Å². The number of likely N-dealkylation sites (N-methyl/N-ethyl adjacent to an activating group) is 1. The number of aromatic nitrogens is 3. The van der Waals surface area contributed by atoms with Gasteiger partial charge in [0.15, 0.2) is 11.5 Å². The molecule has 2 aromatic heterocycles. The van der Waals surface area contributed by atoms with E-state index in [2.05, 4.69) is 64.3 Å². The normalized spacial score (nSPS) is 17.3. The van der Waals surface area contributed by atoms with Gasteiger partial charge in [-0.05, 0) is 62.4 Å². The fourth-order valence-corrected chi connectivity index (χ4v) is 5.65. The number of carbonyl (C=O) groups excluding carboxylic acids is 2. The Balaban J connectivity index is 1.50. The van der Waals surface area contributed by atoms with Crippen LogP contribution in [0.25, 0.3) is 11.0 Å². The number of amides is 2. The van der Waals surface area contributed by atoms with Crippen LogP contribution >= 0.6 is 0 Å². The highest BCUT2D eigenvalue weighted by atomic mass is 16.5. The fourth-order valence-electron chi connectivity index (χ4n) is 5.65. The first-order valence-corrected chi connectivity index (χ1v) is 15.3. The van der Waals surface area contributed by atoms with Gasteiger partial charge < -0.3 is 30.1 Å². The van der Waals surface area contributed by atoms with E-state index in [1.54, 1.807) is 21.7 Å². The maximum absolute atomic E-state index is 14.1. The average molecular weight is 625 g/mol. The van der Waals surface area contributed by atoms with Crippen molar-refractivity contribution in [3.05, 3.63) is 96.3 Å². The monoisotopic (exact) mass is 624 g/mol. The van der Waals surface area contributed by atoms with Crippen molar-refractivity contribution < 1.29 is 14.3 Å². The largest absolute Gasteiger partial charge is 0.449 e. The SMILES string of the molecule is C=C/C=C(/Oc1cc2cnc(Nc3ccc(N4CCN(C)CC4)cc3)nc2n(C2CCCN(C(C)=O)C2)c1=O)C(=C)NC(=O)C=C. The molecule has 46 heavy (non-hydrogen) atoms. The Morgan fingerprint density at radius 3 is 2.50 bits per heavy atom. The summed E-state index contributed by atoms with van der Waals surface area (Å²) in [5.74, 6) is -0.0984. The molecule has 0 aliphatic carbocycles. The van der Waals surface area contributed by atoms with Gasteiger partial charge in [0, 0.05) is 69.2 Å². The van der Waals surface area contributed by atoms with Crippen molar-refractivity contribution in [1.29, 1.82) is 0 Å². The second kappa shape index (κ2) is 14.2. The molecule has 3 aromatic rings. The maximum atomic E-state index is 14.1. The Labute approximate surface area is 268 Å². The van der Waals surface area contributed by atoms with Crippen molar-refractivity contribution in [2.45, 2.75) is 25.8 Å². The molecule has 2 N–H and O–H groups in total. The van der Waals surface area contributed by atoms with Gasteiger partial charge in [-0.25, -0.2) is 4.98 Å². The van der Waals surface area contributed by atoms with Crippen molar-refractivity contribution in [3.63, 3.8) is 0 Å². The lowest BCUT2D eigenvalue weighted by Gasteiger charge is -2.34. The highest BCUT2D eigenvalue weighted by molar-refractivity contribution is 5.88. The van der Waals surface area contributed by atoms with Gasteiger partial charge in [0.05, 0.1) is 11.7 Å². The summed E-state index contributed by atoms with van der Waals surface area (Å²) in [7, 11) is 2.13. The second-order valence-electron chi connectivity index (χ2n) is 11.4. The third-order valence-corrected chi connectivity index (χ3v) is 8.19. The molecule has 0 bridgehead atoms. The van der Waals surface area contributed by atoms with E-state index in [-0.39, 0.29) is 29.2 Å². The minimum absolute atomic E-state index is 0.0154. The summed E-state index contributed by atoms with van der Waals surface area (Å²) < 4.78 is 7.63. The predicted octanol–water partition coefficient (Wildman–Crippen LogP) is 3.73. The number of hydrogen-bond acceptors (Lipinski definition) is 9. The topological polar surface area (TPSA) is 125 Å². The first-order valence-electron chi connectivity index (χ1n) is 15.3. The number of nitrogens with zero attached hydrogens (tertiary/aromatic N) is 6. The minimum Gasteiger partial charge on any atom is -0.449 e. The van der Waals surface area contributed by atoms with E-state index in [0.29, 0.717) is 36.5 Å². The quantitative estimate of drug-likeness (QED) is 0.197. The van der Waals surface area contributed by atoms with Crippen LogP contribution in [0.5, 0.6) is 5.75 Å². The third-order valence-electron chi connectivity index (χ3n) is 8.19. The van der Waals surface area contributed by atoms with Crippen molar-refractivity contribution in [2.75, 3.05) is 56.5 Å². The number of piperidine rings is 1. The van der Waals surface area contributed by atoms with Crippen LogP contribution in [0.4, 0.5) is 17.3 Å². The molecule has 2 saturated heterocycles. The van der Waals surface area contributed by atoms with Gasteiger partial charge in [-0.15, -0.1) is 0 Å². The van der Waals surface area contributed by atoms with E-state index >= 15 is 0 Å². The molecule has 2 fully saturated rings. The van der Waals surface area contributed by atoms with Gasteiger partial charge in [-0.1, -0.05) is 25.8 Å². The Bertz CT molecular complexity index is 1740. The molecular weight excluding hydrogens is 584 g/mol. The molecule has 1 unspecified atom stereocenters. The van der Waals surface area contributed by atoms with Crippen molar-refractivity contribution in [1.82, 2.24) is 29.7 Å². The van der Waals surface area contributed by atoms with E-state index in [4.69, 9.17) is 9.72 Å². The van der Waals surface area contributed by atoms with Crippen molar-refractivity contribution in [3.8, 4) is 5.75 Å². The van der Waals surface area contributed by atoms with Crippen LogP contribution in [-0.2, 0) is 9.59 Å². The van der Waals surface area contributed by atoms with Gasteiger partial charge in [0.2, 0.25) is 17.8 Å². The van der Waals surface area contributed by atoms with Gasteiger partial charge in [0.25, 0.3) is 5.56 Å². The highest BCUT2D eigenvalue weighted by Gasteiger charge is 2.27. The molecule has 0 spiro atoms. The molecule has 2 aliphatic heterocycles. The van der Waals surface area contributed by atoms with Crippen LogP contribution in [0, 0.1) is 0 Å². The van der Waals surface area contributed by atoms with E-state index < -0.39 is 11.5 Å². The Morgan fingerprint density at radius 2 is 1.83 bits per heavy atom. The number of benzene rings is 1. The number of allylic oxidation sites excluding steroid dienone is 2. The summed E-state index contributed by atoms with van der Waals surface area (Å²) in [5, 5.41) is 6.39. The van der Waals surface area contributed by atoms with Crippen LogP contribution < -0.4 is 25.8 Å². The first-order chi connectivity index (χ1) is 22.2. The zero-order valence-electron chi connectivity index (χ0n) is 26.4. The number of anilines is 3. The number of likely N-dealkylation sites (tertiary alicyclic amines) is 1. The van der Waals surface area contributed by atoms with E-state index in [9.17, 15) is 14.4 Å². The average Bonchev–Trinajstić information content (AvgIpc) is 3.05. The molecule has 240 valence electrons. The van der Waals surface area contributed by atoms with Gasteiger partial charge >= 0.3 is 0 Å².